The van der Waals surface area contributed by atoms with Crippen molar-refractivity contribution < 1.29 is 22.8 Å². The topological polar surface area (TPSA) is 108 Å². The molecule has 152 valence electrons. The third-order valence-corrected chi connectivity index (χ3v) is 5.63. The van der Waals surface area contributed by atoms with E-state index in [1.807, 2.05) is 13.8 Å². The van der Waals surface area contributed by atoms with Crippen LogP contribution in [0.5, 0.6) is 11.5 Å². The number of nitro groups is 1. The van der Waals surface area contributed by atoms with Gasteiger partial charge in [0, 0.05) is 17.7 Å². The van der Waals surface area contributed by atoms with E-state index in [0.717, 1.165) is 6.07 Å². The van der Waals surface area contributed by atoms with E-state index in [4.69, 9.17) is 9.47 Å². The van der Waals surface area contributed by atoms with Crippen molar-refractivity contribution in [1.29, 1.82) is 0 Å². The summed E-state index contributed by atoms with van der Waals surface area (Å²) in [5.74, 6) is 1.11. The molecule has 1 atom stereocenters. The maximum atomic E-state index is 12.7. The lowest BCUT2D eigenvalue weighted by Crippen LogP contribution is -2.27. The van der Waals surface area contributed by atoms with Crippen LogP contribution in [0, 0.1) is 17.0 Å². The number of aryl methyl sites for hydroxylation is 1. The maximum Gasteiger partial charge on any atom is 0.273 e. The van der Waals surface area contributed by atoms with Crippen LogP contribution in [0.25, 0.3) is 0 Å². The van der Waals surface area contributed by atoms with Crippen molar-refractivity contribution in [1.82, 2.24) is 4.72 Å². The van der Waals surface area contributed by atoms with Crippen LogP contribution in [0.3, 0.4) is 0 Å². The predicted octanol–water partition coefficient (Wildman–Crippen LogP) is 3.74. The Morgan fingerprint density at radius 1 is 1.07 bits per heavy atom. The summed E-state index contributed by atoms with van der Waals surface area (Å²) in [6.07, 6.45) is 0. The monoisotopic (exact) mass is 408 g/mol. The predicted molar refractivity (Wildman–Crippen MR) is 105 cm³/mol. The zero-order valence-corrected chi connectivity index (χ0v) is 17.1. The Bertz CT molecular complexity index is 959. The first-order valence-electron chi connectivity index (χ1n) is 8.86. The van der Waals surface area contributed by atoms with Gasteiger partial charge in [-0.05, 0) is 51.5 Å². The van der Waals surface area contributed by atoms with Crippen molar-refractivity contribution in [2.75, 3.05) is 13.2 Å². The minimum atomic E-state index is -3.95. The van der Waals surface area contributed by atoms with Gasteiger partial charge in [-0.25, -0.2) is 13.1 Å². The van der Waals surface area contributed by atoms with Crippen LogP contribution >= 0.6 is 0 Å². The molecule has 1 N–H and O–H groups in total. The van der Waals surface area contributed by atoms with Gasteiger partial charge in [0.05, 0.1) is 23.0 Å². The SMILES string of the molecule is CCOc1ccc([C@H](C)NS(=O)(=O)c2ccc(C)c([N+](=O)[O-])c2)cc1OCC. The molecule has 0 heterocycles. The van der Waals surface area contributed by atoms with Crippen LogP contribution in [0.2, 0.25) is 0 Å². The smallest absolute Gasteiger partial charge is 0.273 e. The first-order valence-corrected chi connectivity index (χ1v) is 10.3. The second kappa shape index (κ2) is 9.03. The summed E-state index contributed by atoms with van der Waals surface area (Å²) in [6.45, 7) is 7.87. The second-order valence-corrected chi connectivity index (χ2v) is 7.83. The van der Waals surface area contributed by atoms with Crippen molar-refractivity contribution in [3.63, 3.8) is 0 Å². The van der Waals surface area contributed by atoms with E-state index in [0.29, 0.717) is 35.8 Å². The summed E-state index contributed by atoms with van der Waals surface area (Å²) in [5.41, 5.74) is 0.831. The van der Waals surface area contributed by atoms with E-state index in [2.05, 4.69) is 4.72 Å². The number of sulfonamides is 1. The van der Waals surface area contributed by atoms with Crippen LogP contribution < -0.4 is 14.2 Å². The zero-order chi connectivity index (χ0) is 20.9. The van der Waals surface area contributed by atoms with Crippen LogP contribution in [0.1, 0.15) is 37.9 Å². The molecule has 28 heavy (non-hydrogen) atoms. The Morgan fingerprint density at radius 3 is 2.32 bits per heavy atom. The zero-order valence-electron chi connectivity index (χ0n) is 16.3. The molecule has 0 aliphatic heterocycles. The number of nitro benzene ring substituents is 1. The fourth-order valence-electron chi connectivity index (χ4n) is 2.66. The lowest BCUT2D eigenvalue weighted by Gasteiger charge is -2.17. The molecule has 0 amide bonds. The molecule has 2 rings (SSSR count). The average Bonchev–Trinajstić information content (AvgIpc) is 2.63. The number of benzene rings is 2. The molecule has 0 aromatic heterocycles. The van der Waals surface area contributed by atoms with E-state index in [-0.39, 0.29) is 10.6 Å². The van der Waals surface area contributed by atoms with Crippen molar-refractivity contribution in [2.45, 2.75) is 38.6 Å². The van der Waals surface area contributed by atoms with Gasteiger partial charge < -0.3 is 9.47 Å². The largest absolute Gasteiger partial charge is 0.490 e. The van der Waals surface area contributed by atoms with E-state index in [1.54, 1.807) is 32.0 Å². The molecule has 0 fully saturated rings. The number of hydrogen-bond donors (Lipinski definition) is 1. The normalized spacial score (nSPS) is 12.4. The van der Waals surface area contributed by atoms with Crippen molar-refractivity contribution in [3.8, 4) is 11.5 Å². The Balaban J connectivity index is 2.30. The molecule has 0 aliphatic carbocycles. The summed E-state index contributed by atoms with van der Waals surface area (Å²) in [7, 11) is -3.95. The first kappa shape index (κ1) is 21.6. The molecule has 0 spiro atoms. The Morgan fingerprint density at radius 2 is 1.71 bits per heavy atom. The van der Waals surface area contributed by atoms with Gasteiger partial charge in [0.1, 0.15) is 0 Å². The van der Waals surface area contributed by atoms with Gasteiger partial charge in [-0.1, -0.05) is 12.1 Å². The van der Waals surface area contributed by atoms with Gasteiger partial charge in [-0.15, -0.1) is 0 Å². The molecule has 2 aromatic carbocycles. The molecule has 8 nitrogen and oxygen atoms in total. The van der Waals surface area contributed by atoms with Gasteiger partial charge in [-0.2, -0.15) is 0 Å². The van der Waals surface area contributed by atoms with E-state index in [9.17, 15) is 18.5 Å². The van der Waals surface area contributed by atoms with Crippen molar-refractivity contribution in [3.05, 3.63) is 57.6 Å². The quantitative estimate of drug-likeness (QED) is 0.500. The summed E-state index contributed by atoms with van der Waals surface area (Å²) in [6, 6.07) is 8.44. The number of nitrogens with one attached hydrogen (secondary N) is 1. The number of nitrogens with zero attached hydrogens (tertiary/aromatic N) is 1. The van der Waals surface area contributed by atoms with Gasteiger partial charge in [-0.3, -0.25) is 10.1 Å². The molecule has 0 bridgehead atoms. The van der Waals surface area contributed by atoms with Gasteiger partial charge in [0.25, 0.3) is 5.69 Å². The van der Waals surface area contributed by atoms with Crippen LogP contribution in [-0.2, 0) is 10.0 Å². The fraction of sp³-hybridized carbons (Fsp3) is 0.368. The Kier molecular flexibility index (Phi) is 6.98. The van der Waals surface area contributed by atoms with Gasteiger partial charge >= 0.3 is 0 Å². The molecule has 0 radical (unpaired) electrons. The van der Waals surface area contributed by atoms with E-state index in [1.165, 1.54) is 12.1 Å². The highest BCUT2D eigenvalue weighted by atomic mass is 32.2. The minimum Gasteiger partial charge on any atom is -0.490 e. The maximum absolute atomic E-state index is 12.7. The first-order chi connectivity index (χ1) is 13.2. The van der Waals surface area contributed by atoms with E-state index < -0.39 is 21.0 Å². The van der Waals surface area contributed by atoms with E-state index >= 15 is 0 Å². The van der Waals surface area contributed by atoms with Crippen LogP contribution in [-0.4, -0.2) is 26.6 Å². The number of hydrogen-bond acceptors (Lipinski definition) is 6. The van der Waals surface area contributed by atoms with Gasteiger partial charge in [0.15, 0.2) is 11.5 Å². The lowest BCUT2D eigenvalue weighted by atomic mass is 10.1. The second-order valence-electron chi connectivity index (χ2n) is 6.12. The molecular formula is C19H24N2O6S. The third-order valence-electron chi connectivity index (χ3n) is 4.09. The van der Waals surface area contributed by atoms with Crippen molar-refractivity contribution >= 4 is 15.7 Å². The fourth-order valence-corrected chi connectivity index (χ4v) is 3.91. The van der Waals surface area contributed by atoms with Crippen LogP contribution in [0.15, 0.2) is 41.3 Å². The molecule has 9 heteroatoms. The number of rotatable bonds is 9. The molecule has 0 saturated carbocycles. The minimum absolute atomic E-state index is 0.160. The Labute approximate surface area is 164 Å². The summed E-state index contributed by atoms with van der Waals surface area (Å²) >= 11 is 0. The average molecular weight is 408 g/mol. The summed E-state index contributed by atoms with van der Waals surface area (Å²) < 4.78 is 39.0. The lowest BCUT2D eigenvalue weighted by molar-refractivity contribution is -0.385. The number of ether oxygens (including phenoxy) is 2. The highest BCUT2D eigenvalue weighted by Crippen LogP contribution is 2.31. The molecule has 0 aliphatic rings. The van der Waals surface area contributed by atoms with Crippen LogP contribution in [0.4, 0.5) is 5.69 Å². The summed E-state index contributed by atoms with van der Waals surface area (Å²) in [4.78, 5) is 10.3. The highest BCUT2D eigenvalue weighted by Gasteiger charge is 2.23. The molecule has 0 unspecified atom stereocenters. The Hall–Kier alpha value is -2.65. The summed E-state index contributed by atoms with van der Waals surface area (Å²) in [5, 5.41) is 11.1. The molecule has 0 saturated heterocycles. The van der Waals surface area contributed by atoms with Gasteiger partial charge in [0.2, 0.25) is 10.0 Å². The highest BCUT2D eigenvalue weighted by molar-refractivity contribution is 7.89. The standard InChI is InChI=1S/C19H24N2O6S/c1-5-26-18-10-8-15(11-19(18)27-6-2)14(4)20-28(24,25)16-9-7-13(3)17(12-16)21(22)23/h7-12,14,20H,5-6H2,1-4H3/t14-/m0/s1. The molecule has 2 aromatic rings. The third kappa shape index (κ3) is 4.99. The van der Waals surface area contributed by atoms with Crippen molar-refractivity contribution in [2.24, 2.45) is 0 Å². The molecular weight excluding hydrogens is 384 g/mol.